The van der Waals surface area contributed by atoms with Crippen molar-refractivity contribution >= 4 is 39.8 Å². The molecule has 0 aliphatic heterocycles. The van der Waals surface area contributed by atoms with Crippen molar-refractivity contribution in [1.82, 2.24) is 0 Å². The van der Waals surface area contributed by atoms with Crippen LogP contribution < -0.4 is 10.6 Å². The minimum atomic E-state index is -0.991. The van der Waals surface area contributed by atoms with Crippen LogP contribution in [-0.2, 0) is 25.5 Å². The van der Waals surface area contributed by atoms with E-state index in [-0.39, 0.29) is 12.3 Å². The van der Waals surface area contributed by atoms with E-state index in [1.54, 1.807) is 35.7 Å². The molecule has 0 aliphatic rings. The van der Waals surface area contributed by atoms with Gasteiger partial charge in [0.25, 0.3) is 5.91 Å². The normalized spacial score (nSPS) is 11.1. The topological polar surface area (TPSA) is 108 Å². The van der Waals surface area contributed by atoms with Crippen molar-refractivity contribution in [2.24, 2.45) is 0 Å². The molecule has 26 heavy (non-hydrogen) atoms. The molecule has 1 heterocycles. The molecule has 1 aromatic carbocycles. The second-order valence-electron chi connectivity index (χ2n) is 5.45. The summed E-state index contributed by atoms with van der Waals surface area (Å²) in [6.07, 6.45) is -0.991. The summed E-state index contributed by atoms with van der Waals surface area (Å²) in [7, 11) is 0. The number of nitrogens with one attached hydrogen (secondary N) is 2. The standard InChI is InChI=1S/C18H17N3O4S/c1-11(17(24)21-18-14(10-19)7-8-26-18)25-16(23)9-13-3-5-15(6-4-13)20-12(2)22/h3-8,11H,9H2,1-2H3,(H,20,22)(H,21,24)/t11-/m0/s1. The van der Waals surface area contributed by atoms with Crippen LogP contribution in [0.25, 0.3) is 0 Å². The van der Waals surface area contributed by atoms with Gasteiger partial charge in [-0.25, -0.2) is 0 Å². The number of rotatable bonds is 6. The van der Waals surface area contributed by atoms with Gasteiger partial charge >= 0.3 is 5.97 Å². The lowest BCUT2D eigenvalue weighted by Crippen LogP contribution is -2.30. The molecule has 2 aromatic rings. The van der Waals surface area contributed by atoms with Crippen molar-refractivity contribution in [3.8, 4) is 6.07 Å². The lowest BCUT2D eigenvalue weighted by atomic mass is 10.1. The largest absolute Gasteiger partial charge is 0.452 e. The van der Waals surface area contributed by atoms with E-state index in [1.807, 2.05) is 6.07 Å². The fraction of sp³-hybridized carbons (Fsp3) is 0.222. The molecule has 0 spiro atoms. The van der Waals surface area contributed by atoms with Gasteiger partial charge in [-0.1, -0.05) is 12.1 Å². The van der Waals surface area contributed by atoms with Crippen LogP contribution in [0.5, 0.6) is 0 Å². The van der Waals surface area contributed by atoms with Crippen molar-refractivity contribution in [2.75, 3.05) is 10.6 Å². The van der Waals surface area contributed by atoms with E-state index in [9.17, 15) is 14.4 Å². The highest BCUT2D eigenvalue weighted by Crippen LogP contribution is 2.22. The zero-order valence-electron chi connectivity index (χ0n) is 14.2. The van der Waals surface area contributed by atoms with Crippen LogP contribution in [-0.4, -0.2) is 23.9 Å². The van der Waals surface area contributed by atoms with E-state index in [4.69, 9.17) is 10.00 Å². The highest BCUT2D eigenvalue weighted by Gasteiger charge is 2.19. The predicted molar refractivity (Wildman–Crippen MR) is 97.7 cm³/mol. The molecule has 2 rings (SSSR count). The molecule has 2 N–H and O–H groups in total. The van der Waals surface area contributed by atoms with Crippen LogP contribution in [0.1, 0.15) is 25.0 Å². The molecule has 7 nitrogen and oxygen atoms in total. The highest BCUT2D eigenvalue weighted by molar-refractivity contribution is 7.14. The fourth-order valence-electron chi connectivity index (χ4n) is 2.08. The maximum atomic E-state index is 12.1. The number of nitriles is 1. The van der Waals surface area contributed by atoms with Crippen molar-refractivity contribution in [3.05, 3.63) is 46.8 Å². The summed E-state index contributed by atoms with van der Waals surface area (Å²) in [6, 6.07) is 10.3. The third-order valence-corrected chi connectivity index (χ3v) is 4.15. The molecule has 2 amide bonds. The van der Waals surface area contributed by atoms with Crippen molar-refractivity contribution in [2.45, 2.75) is 26.4 Å². The first-order valence-corrected chi connectivity index (χ1v) is 8.61. The Morgan fingerprint density at radius 2 is 1.88 bits per heavy atom. The molecule has 0 saturated carbocycles. The Morgan fingerprint density at radius 1 is 1.19 bits per heavy atom. The molecule has 1 aromatic heterocycles. The number of amides is 2. The lowest BCUT2D eigenvalue weighted by molar-refractivity contribution is -0.152. The minimum absolute atomic E-state index is 0.000416. The van der Waals surface area contributed by atoms with Crippen molar-refractivity contribution in [3.63, 3.8) is 0 Å². The molecule has 0 fully saturated rings. The molecular weight excluding hydrogens is 354 g/mol. The van der Waals surface area contributed by atoms with E-state index in [0.717, 1.165) is 0 Å². The smallest absolute Gasteiger partial charge is 0.311 e. The third-order valence-electron chi connectivity index (χ3n) is 3.32. The van der Waals surface area contributed by atoms with Gasteiger partial charge in [-0.2, -0.15) is 5.26 Å². The second-order valence-corrected chi connectivity index (χ2v) is 6.37. The lowest BCUT2D eigenvalue weighted by Gasteiger charge is -2.13. The summed E-state index contributed by atoms with van der Waals surface area (Å²) in [4.78, 5) is 35.1. The number of anilines is 2. The molecule has 0 unspecified atom stereocenters. The summed E-state index contributed by atoms with van der Waals surface area (Å²) in [5.41, 5.74) is 1.69. The van der Waals surface area contributed by atoms with Gasteiger partial charge in [0.1, 0.15) is 11.1 Å². The Kier molecular flexibility index (Phi) is 6.47. The number of hydrogen-bond acceptors (Lipinski definition) is 6. The summed E-state index contributed by atoms with van der Waals surface area (Å²) in [6.45, 7) is 2.88. The molecule has 8 heteroatoms. The molecule has 0 aliphatic carbocycles. The van der Waals surface area contributed by atoms with E-state index >= 15 is 0 Å². The van der Waals surface area contributed by atoms with E-state index < -0.39 is 18.0 Å². The van der Waals surface area contributed by atoms with Gasteiger partial charge in [0.05, 0.1) is 12.0 Å². The first kappa shape index (κ1) is 19.1. The van der Waals surface area contributed by atoms with Gasteiger partial charge in [0, 0.05) is 12.6 Å². The van der Waals surface area contributed by atoms with Crippen molar-refractivity contribution < 1.29 is 19.1 Å². The first-order valence-electron chi connectivity index (χ1n) is 7.73. The number of nitrogens with zero attached hydrogens (tertiary/aromatic N) is 1. The van der Waals surface area contributed by atoms with Gasteiger partial charge in [-0.15, -0.1) is 11.3 Å². The maximum absolute atomic E-state index is 12.1. The molecule has 134 valence electrons. The number of carbonyl (C=O) groups is 3. The maximum Gasteiger partial charge on any atom is 0.311 e. The van der Waals surface area contributed by atoms with Gasteiger partial charge in [0.2, 0.25) is 5.91 Å². The predicted octanol–water partition coefficient (Wildman–Crippen LogP) is 2.69. The Hall–Kier alpha value is -3.18. The third kappa shape index (κ3) is 5.43. The Bertz CT molecular complexity index is 852. The molecule has 0 radical (unpaired) electrons. The summed E-state index contributed by atoms with van der Waals surface area (Å²) in [5, 5.41) is 16.3. The van der Waals surface area contributed by atoms with E-state index in [0.29, 0.717) is 21.8 Å². The molecule has 0 saturated heterocycles. The molecular formula is C18H17N3O4S. The van der Waals surface area contributed by atoms with Crippen molar-refractivity contribution in [1.29, 1.82) is 5.26 Å². The number of thiophene rings is 1. The Morgan fingerprint density at radius 3 is 2.50 bits per heavy atom. The van der Waals surface area contributed by atoms with Crippen LogP contribution in [0, 0.1) is 11.3 Å². The van der Waals surface area contributed by atoms with Crippen LogP contribution in [0.15, 0.2) is 35.7 Å². The van der Waals surface area contributed by atoms with Gasteiger partial charge < -0.3 is 15.4 Å². The SMILES string of the molecule is CC(=O)Nc1ccc(CC(=O)O[C@@H](C)C(=O)Nc2sccc2C#N)cc1. The quantitative estimate of drug-likeness (QED) is 0.759. The van der Waals surface area contributed by atoms with Crippen LogP contribution >= 0.6 is 11.3 Å². The monoisotopic (exact) mass is 371 g/mol. The molecule has 1 atom stereocenters. The fourth-order valence-corrected chi connectivity index (χ4v) is 2.82. The highest BCUT2D eigenvalue weighted by atomic mass is 32.1. The number of ether oxygens (including phenoxy) is 1. The summed E-state index contributed by atoms with van der Waals surface area (Å²) >= 11 is 1.22. The number of carbonyl (C=O) groups excluding carboxylic acids is 3. The minimum Gasteiger partial charge on any atom is -0.452 e. The van der Waals surface area contributed by atoms with E-state index in [1.165, 1.54) is 25.2 Å². The van der Waals surface area contributed by atoms with Crippen LogP contribution in [0.2, 0.25) is 0 Å². The Labute approximate surface area is 154 Å². The van der Waals surface area contributed by atoms with Crippen LogP contribution in [0.4, 0.5) is 10.7 Å². The van der Waals surface area contributed by atoms with Gasteiger partial charge in [-0.3, -0.25) is 14.4 Å². The number of esters is 1. The van der Waals surface area contributed by atoms with Crippen LogP contribution in [0.3, 0.4) is 0 Å². The van der Waals surface area contributed by atoms with Gasteiger partial charge in [0.15, 0.2) is 6.10 Å². The number of benzene rings is 1. The first-order chi connectivity index (χ1) is 12.4. The van der Waals surface area contributed by atoms with Gasteiger partial charge in [-0.05, 0) is 36.1 Å². The average molecular weight is 371 g/mol. The Balaban J connectivity index is 1.87. The zero-order chi connectivity index (χ0) is 19.1. The average Bonchev–Trinajstić information content (AvgIpc) is 3.03. The summed E-state index contributed by atoms with van der Waals surface area (Å²) < 4.78 is 5.13. The zero-order valence-corrected chi connectivity index (χ0v) is 15.1. The van der Waals surface area contributed by atoms with E-state index in [2.05, 4.69) is 10.6 Å². The summed E-state index contributed by atoms with van der Waals surface area (Å²) in [5.74, 6) is -1.23. The molecule has 0 bridgehead atoms. The number of hydrogen-bond donors (Lipinski definition) is 2. The second kappa shape index (κ2) is 8.78.